The van der Waals surface area contributed by atoms with Gasteiger partial charge in [0.1, 0.15) is 6.26 Å². The quantitative estimate of drug-likeness (QED) is 0.714. The van der Waals surface area contributed by atoms with Crippen LogP contribution in [0.1, 0.15) is 5.56 Å². The summed E-state index contributed by atoms with van der Waals surface area (Å²) in [6.45, 7) is 0. The second kappa shape index (κ2) is 5.60. The molecule has 1 aromatic heterocycles. The fraction of sp³-hybridized carbons (Fsp3) is 0.0476. The van der Waals surface area contributed by atoms with Gasteiger partial charge < -0.3 is 14.5 Å². The SMILES string of the molecule is CN1C(=O)C(C2=COc3ccccc3O2)=C(c2c[nH]c3ccccc23)C1=O. The molecule has 0 unspecified atom stereocenters. The zero-order valence-electron chi connectivity index (χ0n) is 14.4. The average molecular weight is 358 g/mol. The van der Waals surface area contributed by atoms with E-state index >= 15 is 0 Å². The third-order valence-electron chi connectivity index (χ3n) is 4.75. The Balaban J connectivity index is 1.71. The maximum Gasteiger partial charge on any atom is 0.265 e. The van der Waals surface area contributed by atoms with Crippen molar-refractivity contribution in [2.24, 2.45) is 0 Å². The van der Waals surface area contributed by atoms with E-state index in [0.717, 1.165) is 15.8 Å². The minimum Gasteiger partial charge on any atom is -0.457 e. The first kappa shape index (κ1) is 15.5. The van der Waals surface area contributed by atoms with Gasteiger partial charge >= 0.3 is 0 Å². The number of amides is 2. The molecule has 0 atom stereocenters. The Labute approximate surface area is 154 Å². The van der Waals surface area contributed by atoms with Gasteiger partial charge in [-0.1, -0.05) is 30.3 Å². The Kier molecular flexibility index (Phi) is 3.21. The number of rotatable bonds is 2. The number of likely N-dealkylation sites (N-methyl/N-ethyl adjacent to an activating group) is 1. The highest BCUT2D eigenvalue weighted by Gasteiger charge is 2.41. The van der Waals surface area contributed by atoms with Gasteiger partial charge in [0.25, 0.3) is 11.8 Å². The Bertz CT molecular complexity index is 1190. The molecule has 2 amide bonds. The Hall–Kier alpha value is -3.80. The van der Waals surface area contributed by atoms with E-state index in [0.29, 0.717) is 22.6 Å². The number of hydrogen-bond acceptors (Lipinski definition) is 4. The number of aromatic nitrogens is 1. The summed E-state index contributed by atoms with van der Waals surface area (Å²) < 4.78 is 11.5. The van der Waals surface area contributed by atoms with Crippen molar-refractivity contribution < 1.29 is 19.1 Å². The van der Waals surface area contributed by atoms with E-state index in [1.165, 1.54) is 13.3 Å². The predicted octanol–water partition coefficient (Wildman–Crippen LogP) is 3.23. The first-order chi connectivity index (χ1) is 13.1. The number of nitrogens with one attached hydrogen (secondary N) is 1. The Morgan fingerprint density at radius 3 is 2.44 bits per heavy atom. The highest BCUT2D eigenvalue weighted by molar-refractivity contribution is 6.38. The van der Waals surface area contributed by atoms with Crippen LogP contribution in [0.25, 0.3) is 16.5 Å². The molecule has 5 rings (SSSR count). The molecule has 132 valence electrons. The highest BCUT2D eigenvalue weighted by Crippen LogP contribution is 2.40. The van der Waals surface area contributed by atoms with Gasteiger partial charge in [-0.3, -0.25) is 14.5 Å². The predicted molar refractivity (Wildman–Crippen MR) is 98.8 cm³/mol. The highest BCUT2D eigenvalue weighted by atomic mass is 16.6. The summed E-state index contributed by atoms with van der Waals surface area (Å²) in [5.74, 6) is 0.477. The van der Waals surface area contributed by atoms with E-state index in [4.69, 9.17) is 9.47 Å². The molecule has 0 aliphatic carbocycles. The Morgan fingerprint density at radius 2 is 1.59 bits per heavy atom. The van der Waals surface area contributed by atoms with Crippen LogP contribution in [0.4, 0.5) is 0 Å². The number of fused-ring (bicyclic) bond motifs is 2. The summed E-state index contributed by atoms with van der Waals surface area (Å²) in [4.78, 5) is 29.9. The van der Waals surface area contributed by atoms with Crippen molar-refractivity contribution in [3.63, 3.8) is 0 Å². The first-order valence-corrected chi connectivity index (χ1v) is 8.42. The van der Waals surface area contributed by atoms with E-state index in [9.17, 15) is 9.59 Å². The number of carbonyl (C=O) groups is 2. The average Bonchev–Trinajstić information content (AvgIpc) is 3.22. The largest absolute Gasteiger partial charge is 0.457 e. The van der Waals surface area contributed by atoms with Crippen LogP contribution in [-0.2, 0) is 9.59 Å². The number of carbonyl (C=O) groups excluding carboxylic acids is 2. The number of H-pyrrole nitrogens is 1. The minimum absolute atomic E-state index is 0.196. The molecular formula is C21H14N2O4. The van der Waals surface area contributed by atoms with E-state index in [2.05, 4.69) is 4.98 Å². The summed E-state index contributed by atoms with van der Waals surface area (Å²) >= 11 is 0. The van der Waals surface area contributed by atoms with Crippen molar-refractivity contribution in [1.29, 1.82) is 0 Å². The fourth-order valence-electron chi connectivity index (χ4n) is 3.40. The maximum atomic E-state index is 12.9. The molecule has 0 spiro atoms. The smallest absolute Gasteiger partial charge is 0.265 e. The van der Waals surface area contributed by atoms with Crippen molar-refractivity contribution in [1.82, 2.24) is 9.88 Å². The van der Waals surface area contributed by atoms with Crippen molar-refractivity contribution in [3.05, 3.63) is 77.9 Å². The molecule has 0 fully saturated rings. The lowest BCUT2D eigenvalue weighted by atomic mass is 10.00. The molecule has 2 aliphatic rings. The molecule has 1 N–H and O–H groups in total. The van der Waals surface area contributed by atoms with Crippen LogP contribution < -0.4 is 9.47 Å². The van der Waals surface area contributed by atoms with Crippen LogP contribution in [0.2, 0.25) is 0 Å². The van der Waals surface area contributed by atoms with Crippen molar-refractivity contribution in [3.8, 4) is 11.5 Å². The fourth-order valence-corrected chi connectivity index (χ4v) is 3.40. The van der Waals surface area contributed by atoms with Crippen molar-refractivity contribution in [2.75, 3.05) is 7.05 Å². The van der Waals surface area contributed by atoms with Gasteiger partial charge in [0.2, 0.25) is 0 Å². The van der Waals surface area contributed by atoms with Crippen LogP contribution in [-0.4, -0.2) is 28.7 Å². The summed E-state index contributed by atoms with van der Waals surface area (Å²) in [6, 6.07) is 14.8. The molecule has 0 saturated heterocycles. The molecular weight excluding hydrogens is 344 g/mol. The molecule has 3 heterocycles. The lowest BCUT2D eigenvalue weighted by Gasteiger charge is -2.18. The van der Waals surface area contributed by atoms with Gasteiger partial charge in [0.15, 0.2) is 17.3 Å². The van der Waals surface area contributed by atoms with Gasteiger partial charge in [-0.2, -0.15) is 0 Å². The third-order valence-corrected chi connectivity index (χ3v) is 4.75. The number of ether oxygens (including phenoxy) is 2. The van der Waals surface area contributed by atoms with E-state index in [1.807, 2.05) is 36.4 Å². The minimum atomic E-state index is -0.422. The third kappa shape index (κ3) is 2.20. The number of nitrogens with zero attached hydrogens (tertiary/aromatic N) is 1. The Morgan fingerprint density at radius 1 is 0.889 bits per heavy atom. The standard InChI is InChI=1S/C21H14N2O4/c1-23-20(24)18(13-10-22-14-7-3-2-6-12(13)14)19(21(23)25)17-11-26-15-8-4-5-9-16(15)27-17/h2-11,22H,1H3. The van der Waals surface area contributed by atoms with Crippen molar-refractivity contribution in [2.45, 2.75) is 0 Å². The van der Waals surface area contributed by atoms with Gasteiger partial charge in [-0.25, -0.2) is 0 Å². The molecule has 3 aromatic rings. The number of imide groups is 1. The molecule has 27 heavy (non-hydrogen) atoms. The molecule has 2 aliphatic heterocycles. The normalized spacial score (nSPS) is 16.3. The van der Waals surface area contributed by atoms with E-state index < -0.39 is 5.91 Å². The second-order valence-electron chi connectivity index (χ2n) is 6.32. The number of para-hydroxylation sites is 3. The summed E-state index contributed by atoms with van der Waals surface area (Å²) in [5, 5.41) is 0.860. The summed E-state index contributed by atoms with van der Waals surface area (Å²) in [7, 11) is 1.46. The van der Waals surface area contributed by atoms with E-state index in [-0.39, 0.29) is 17.2 Å². The lowest BCUT2D eigenvalue weighted by Crippen LogP contribution is -2.27. The van der Waals surface area contributed by atoms with Crippen LogP contribution in [0.3, 0.4) is 0 Å². The monoisotopic (exact) mass is 358 g/mol. The van der Waals surface area contributed by atoms with E-state index in [1.54, 1.807) is 18.3 Å². The summed E-state index contributed by atoms with van der Waals surface area (Å²) in [5.41, 5.74) is 2.04. The second-order valence-corrected chi connectivity index (χ2v) is 6.32. The van der Waals surface area contributed by atoms with Crippen molar-refractivity contribution >= 4 is 28.3 Å². The lowest BCUT2D eigenvalue weighted by molar-refractivity contribution is -0.135. The van der Waals surface area contributed by atoms with Crippen LogP contribution in [0, 0.1) is 0 Å². The molecule has 0 bridgehead atoms. The molecule has 0 radical (unpaired) electrons. The molecule has 6 nitrogen and oxygen atoms in total. The zero-order valence-corrected chi connectivity index (χ0v) is 14.4. The number of benzene rings is 2. The van der Waals surface area contributed by atoms with Gasteiger partial charge in [0, 0.05) is 29.7 Å². The van der Waals surface area contributed by atoms with Crippen LogP contribution >= 0.6 is 0 Å². The summed E-state index contributed by atoms with van der Waals surface area (Å²) in [6.07, 6.45) is 3.11. The first-order valence-electron chi connectivity index (χ1n) is 8.42. The maximum absolute atomic E-state index is 12.9. The van der Waals surface area contributed by atoms with Crippen LogP contribution in [0.5, 0.6) is 11.5 Å². The molecule has 0 saturated carbocycles. The molecule has 6 heteroatoms. The van der Waals surface area contributed by atoms with Gasteiger partial charge in [-0.15, -0.1) is 0 Å². The van der Waals surface area contributed by atoms with Crippen LogP contribution in [0.15, 0.2) is 72.3 Å². The molecule has 2 aromatic carbocycles. The van der Waals surface area contributed by atoms with Gasteiger partial charge in [-0.05, 0) is 18.2 Å². The number of aromatic amines is 1. The zero-order chi connectivity index (χ0) is 18.5. The number of hydrogen-bond donors (Lipinski definition) is 1. The van der Waals surface area contributed by atoms with Gasteiger partial charge in [0.05, 0.1) is 11.1 Å². The topological polar surface area (TPSA) is 71.6 Å².